The zero-order valence-corrected chi connectivity index (χ0v) is 10.2. The first-order valence-corrected chi connectivity index (χ1v) is 6.85. The molecule has 1 unspecified atom stereocenters. The third-order valence-corrected chi connectivity index (χ3v) is 3.39. The van der Waals surface area contributed by atoms with Gasteiger partial charge in [0.15, 0.2) is 6.16 Å². The quantitative estimate of drug-likeness (QED) is 0.802. The number of hydrogen-bond acceptors (Lipinski definition) is 3. The zero-order valence-electron chi connectivity index (χ0n) is 9.28. The molecule has 2 rings (SSSR count). The van der Waals surface area contributed by atoms with E-state index in [1.165, 1.54) is 0 Å². The molecule has 2 aromatic heterocycles. The third kappa shape index (κ3) is 3.55. The van der Waals surface area contributed by atoms with E-state index < -0.39 is 8.03 Å². The SMILES string of the molecule is O=[P+](O)C[C@H](CCc1ccco1)c1ccco1. The third-order valence-electron chi connectivity index (χ3n) is 2.64. The van der Waals surface area contributed by atoms with E-state index in [0.717, 1.165) is 24.4 Å². The van der Waals surface area contributed by atoms with E-state index in [9.17, 15) is 4.57 Å². The van der Waals surface area contributed by atoms with E-state index in [0.29, 0.717) is 0 Å². The Balaban J connectivity index is 1.98. The molecule has 0 aliphatic carbocycles. The van der Waals surface area contributed by atoms with Crippen LogP contribution < -0.4 is 0 Å². The Kier molecular flexibility index (Phi) is 4.13. The van der Waals surface area contributed by atoms with Gasteiger partial charge in [-0.1, -0.05) is 0 Å². The second-order valence-electron chi connectivity index (χ2n) is 3.87. The molecule has 0 amide bonds. The van der Waals surface area contributed by atoms with E-state index in [-0.39, 0.29) is 12.1 Å². The van der Waals surface area contributed by atoms with Crippen molar-refractivity contribution in [2.45, 2.75) is 18.8 Å². The summed E-state index contributed by atoms with van der Waals surface area (Å²) in [7, 11) is -2.15. The van der Waals surface area contributed by atoms with E-state index in [1.807, 2.05) is 18.2 Å². The van der Waals surface area contributed by atoms with Gasteiger partial charge in [-0.05, 0) is 35.3 Å². The molecular weight excluding hydrogens is 239 g/mol. The average Bonchev–Trinajstić information content (AvgIpc) is 2.96. The second kappa shape index (κ2) is 5.80. The molecular formula is C12H14O4P+. The first kappa shape index (κ1) is 12.1. The molecule has 17 heavy (non-hydrogen) atoms. The van der Waals surface area contributed by atoms with Crippen LogP contribution in [0.1, 0.15) is 23.9 Å². The molecule has 0 aliphatic rings. The fourth-order valence-corrected chi connectivity index (χ4v) is 2.55. The maximum absolute atomic E-state index is 10.9. The molecule has 5 heteroatoms. The highest BCUT2D eigenvalue weighted by Gasteiger charge is 2.25. The topological polar surface area (TPSA) is 63.6 Å². The standard InChI is InChI=1S/C12H13O4P/c13-17(14)9-10(12-4-2-8-16-12)5-6-11-3-1-7-15-11/h1-4,7-8,10H,5-6,9H2/p+1/t10-/m0/s1. The Morgan fingerprint density at radius 2 is 2.00 bits per heavy atom. The molecule has 0 radical (unpaired) electrons. The van der Waals surface area contributed by atoms with E-state index in [2.05, 4.69) is 0 Å². The Morgan fingerprint density at radius 3 is 2.59 bits per heavy atom. The van der Waals surface area contributed by atoms with Gasteiger partial charge in [0.25, 0.3) is 0 Å². The predicted octanol–water partition coefficient (Wildman–Crippen LogP) is 3.32. The fraction of sp³-hybridized carbons (Fsp3) is 0.333. The van der Waals surface area contributed by atoms with E-state index >= 15 is 0 Å². The van der Waals surface area contributed by atoms with Gasteiger partial charge >= 0.3 is 8.03 Å². The molecule has 0 aliphatic heterocycles. The van der Waals surface area contributed by atoms with Crippen molar-refractivity contribution in [1.82, 2.24) is 0 Å². The summed E-state index contributed by atoms with van der Waals surface area (Å²) in [5.74, 6) is 1.60. The van der Waals surface area contributed by atoms with Gasteiger partial charge in [0.1, 0.15) is 11.5 Å². The fourth-order valence-electron chi connectivity index (χ4n) is 1.81. The monoisotopic (exact) mass is 253 g/mol. The summed E-state index contributed by atoms with van der Waals surface area (Å²) < 4.78 is 21.5. The predicted molar refractivity (Wildman–Crippen MR) is 63.2 cm³/mol. The van der Waals surface area contributed by atoms with Gasteiger partial charge in [0.2, 0.25) is 0 Å². The van der Waals surface area contributed by atoms with Crippen molar-refractivity contribution in [3.8, 4) is 0 Å². The molecule has 2 atom stereocenters. The van der Waals surface area contributed by atoms with Crippen LogP contribution in [0, 0.1) is 0 Å². The molecule has 0 spiro atoms. The summed E-state index contributed by atoms with van der Waals surface area (Å²) in [5, 5.41) is 0. The van der Waals surface area contributed by atoms with Gasteiger partial charge in [0.05, 0.1) is 18.4 Å². The molecule has 0 saturated heterocycles. The number of aryl methyl sites for hydroxylation is 1. The zero-order chi connectivity index (χ0) is 12.1. The Labute approximate surface area is 100 Å². The largest absolute Gasteiger partial charge is 0.506 e. The molecule has 2 aromatic rings. The Hall–Kier alpha value is -1.38. The van der Waals surface area contributed by atoms with E-state index in [1.54, 1.807) is 18.6 Å². The Morgan fingerprint density at radius 1 is 1.24 bits per heavy atom. The minimum Gasteiger partial charge on any atom is -0.469 e. The molecule has 0 bridgehead atoms. The van der Waals surface area contributed by atoms with Crippen molar-refractivity contribution in [2.24, 2.45) is 0 Å². The van der Waals surface area contributed by atoms with Crippen molar-refractivity contribution in [3.63, 3.8) is 0 Å². The summed E-state index contributed by atoms with van der Waals surface area (Å²) in [6.07, 6.45) is 4.91. The van der Waals surface area contributed by atoms with Gasteiger partial charge in [-0.15, -0.1) is 0 Å². The second-order valence-corrected chi connectivity index (χ2v) is 4.93. The van der Waals surface area contributed by atoms with Crippen molar-refractivity contribution in [1.29, 1.82) is 0 Å². The van der Waals surface area contributed by atoms with Crippen molar-refractivity contribution < 1.29 is 18.3 Å². The molecule has 4 nitrogen and oxygen atoms in total. The van der Waals surface area contributed by atoms with Gasteiger partial charge in [-0.3, -0.25) is 0 Å². The van der Waals surface area contributed by atoms with Crippen LogP contribution in [-0.2, 0) is 11.0 Å². The number of rotatable bonds is 6. The summed E-state index contributed by atoms with van der Waals surface area (Å²) >= 11 is 0. The molecule has 0 saturated carbocycles. The average molecular weight is 253 g/mol. The lowest BCUT2D eigenvalue weighted by Gasteiger charge is -2.07. The lowest BCUT2D eigenvalue weighted by molar-refractivity contribution is 0.433. The summed E-state index contributed by atoms with van der Waals surface area (Å²) in [6.45, 7) is 0. The highest BCUT2D eigenvalue weighted by atomic mass is 31.1. The van der Waals surface area contributed by atoms with Crippen molar-refractivity contribution >= 4 is 8.03 Å². The van der Waals surface area contributed by atoms with Crippen LogP contribution in [0.5, 0.6) is 0 Å². The molecule has 1 N–H and O–H groups in total. The minimum absolute atomic E-state index is 0.0382. The van der Waals surface area contributed by atoms with Crippen LogP contribution in [0.3, 0.4) is 0 Å². The highest BCUT2D eigenvalue weighted by molar-refractivity contribution is 7.38. The van der Waals surface area contributed by atoms with Crippen LogP contribution in [-0.4, -0.2) is 11.1 Å². The van der Waals surface area contributed by atoms with Gasteiger partial charge in [-0.25, -0.2) is 0 Å². The summed E-state index contributed by atoms with van der Waals surface area (Å²) in [6, 6.07) is 7.37. The molecule has 0 fully saturated rings. The van der Waals surface area contributed by atoms with Crippen molar-refractivity contribution in [3.05, 3.63) is 48.3 Å². The van der Waals surface area contributed by atoms with Crippen LogP contribution in [0.2, 0.25) is 0 Å². The van der Waals surface area contributed by atoms with Crippen LogP contribution >= 0.6 is 8.03 Å². The minimum atomic E-state index is -2.15. The normalized spacial score (nSPS) is 13.6. The van der Waals surface area contributed by atoms with Crippen LogP contribution in [0.4, 0.5) is 0 Å². The molecule has 2 heterocycles. The lowest BCUT2D eigenvalue weighted by Crippen LogP contribution is -2.02. The first-order chi connectivity index (χ1) is 8.25. The molecule has 0 aromatic carbocycles. The summed E-state index contributed by atoms with van der Waals surface area (Å²) in [5.41, 5.74) is 0. The smallest absolute Gasteiger partial charge is 0.469 e. The Bertz CT molecular complexity index is 447. The van der Waals surface area contributed by atoms with Crippen LogP contribution in [0.25, 0.3) is 0 Å². The van der Waals surface area contributed by atoms with Gasteiger partial charge in [-0.2, -0.15) is 4.89 Å². The van der Waals surface area contributed by atoms with Gasteiger partial charge in [0, 0.05) is 6.42 Å². The van der Waals surface area contributed by atoms with Crippen molar-refractivity contribution in [2.75, 3.05) is 6.16 Å². The maximum atomic E-state index is 10.9. The number of furan rings is 2. The maximum Gasteiger partial charge on any atom is 0.506 e. The number of hydrogen-bond donors (Lipinski definition) is 1. The first-order valence-electron chi connectivity index (χ1n) is 5.45. The highest BCUT2D eigenvalue weighted by Crippen LogP contribution is 2.30. The van der Waals surface area contributed by atoms with Gasteiger partial charge < -0.3 is 8.83 Å². The lowest BCUT2D eigenvalue weighted by atomic mass is 10.0. The molecule has 90 valence electrons. The summed E-state index contributed by atoms with van der Waals surface area (Å²) in [4.78, 5) is 9.02. The van der Waals surface area contributed by atoms with E-state index in [4.69, 9.17) is 13.7 Å². The van der Waals surface area contributed by atoms with Crippen LogP contribution in [0.15, 0.2) is 45.6 Å².